The number of benzene rings is 1. The first-order valence-corrected chi connectivity index (χ1v) is 7.52. The van der Waals surface area contributed by atoms with Gasteiger partial charge in [0.1, 0.15) is 5.82 Å². The zero-order chi connectivity index (χ0) is 14.5. The average Bonchev–Trinajstić information content (AvgIpc) is 2.44. The minimum atomic E-state index is -0.217. The molecule has 0 spiro atoms. The fraction of sp³-hybridized carbons (Fsp3) is 0.312. The number of rotatable bonds is 5. The number of nitrogens with one attached hydrogen (secondary N) is 1. The molecule has 1 aromatic carbocycles. The Balaban J connectivity index is 2.41. The van der Waals surface area contributed by atoms with Crippen LogP contribution in [-0.4, -0.2) is 11.5 Å². The Kier molecular flexibility index (Phi) is 5.26. The molecular weight excluding hydrogens is 319 g/mol. The van der Waals surface area contributed by atoms with E-state index >= 15 is 0 Å². The summed E-state index contributed by atoms with van der Waals surface area (Å²) in [5.41, 5.74) is 2.90. The number of halogens is 2. The van der Waals surface area contributed by atoms with Crippen LogP contribution in [0.1, 0.15) is 36.2 Å². The van der Waals surface area contributed by atoms with Crippen molar-refractivity contribution in [2.24, 2.45) is 0 Å². The number of nitrogens with zero attached hydrogens (tertiary/aromatic N) is 1. The summed E-state index contributed by atoms with van der Waals surface area (Å²) in [6.07, 6.45) is 2.78. The van der Waals surface area contributed by atoms with Gasteiger partial charge in [-0.3, -0.25) is 4.98 Å². The van der Waals surface area contributed by atoms with Gasteiger partial charge in [0.2, 0.25) is 0 Å². The molecule has 1 heterocycles. The normalized spacial score (nSPS) is 12.4. The molecule has 106 valence electrons. The zero-order valence-corrected chi connectivity index (χ0v) is 13.2. The van der Waals surface area contributed by atoms with Crippen molar-refractivity contribution in [2.45, 2.75) is 26.3 Å². The van der Waals surface area contributed by atoms with E-state index in [1.54, 1.807) is 12.3 Å². The number of aromatic nitrogens is 1. The van der Waals surface area contributed by atoms with Crippen LogP contribution in [0.4, 0.5) is 4.39 Å². The van der Waals surface area contributed by atoms with Crippen LogP contribution in [-0.2, 0) is 0 Å². The fourth-order valence-corrected chi connectivity index (χ4v) is 2.38. The summed E-state index contributed by atoms with van der Waals surface area (Å²) in [4.78, 5) is 4.45. The van der Waals surface area contributed by atoms with E-state index in [-0.39, 0.29) is 11.9 Å². The first kappa shape index (κ1) is 15.1. The summed E-state index contributed by atoms with van der Waals surface area (Å²) in [6.45, 7) is 4.96. The SMILES string of the molecule is CCCNC(c1ccc(Br)cn1)c1cc(F)ccc1C. The van der Waals surface area contributed by atoms with E-state index in [4.69, 9.17) is 0 Å². The monoisotopic (exact) mass is 336 g/mol. The molecule has 0 fully saturated rings. The Hall–Kier alpha value is -1.26. The maximum Gasteiger partial charge on any atom is 0.123 e. The molecule has 1 N–H and O–H groups in total. The van der Waals surface area contributed by atoms with Crippen molar-refractivity contribution in [2.75, 3.05) is 6.54 Å². The third kappa shape index (κ3) is 3.64. The first-order chi connectivity index (χ1) is 9.61. The number of hydrogen-bond donors (Lipinski definition) is 1. The highest BCUT2D eigenvalue weighted by atomic mass is 79.9. The second-order valence-corrected chi connectivity index (χ2v) is 5.71. The van der Waals surface area contributed by atoms with Crippen LogP contribution < -0.4 is 5.32 Å². The summed E-state index contributed by atoms with van der Waals surface area (Å²) in [5, 5.41) is 3.45. The molecule has 0 bridgehead atoms. The number of pyridine rings is 1. The molecule has 0 aliphatic rings. The van der Waals surface area contributed by atoms with Crippen molar-refractivity contribution in [1.29, 1.82) is 0 Å². The van der Waals surface area contributed by atoms with E-state index in [1.807, 2.05) is 25.1 Å². The predicted octanol–water partition coefficient (Wildman–Crippen LogP) is 4.38. The summed E-state index contributed by atoms with van der Waals surface area (Å²) in [7, 11) is 0. The van der Waals surface area contributed by atoms with Crippen LogP contribution in [0, 0.1) is 12.7 Å². The smallest absolute Gasteiger partial charge is 0.123 e. The van der Waals surface area contributed by atoms with E-state index < -0.39 is 0 Å². The molecule has 1 unspecified atom stereocenters. The van der Waals surface area contributed by atoms with Gasteiger partial charge < -0.3 is 5.32 Å². The van der Waals surface area contributed by atoms with Gasteiger partial charge in [0.05, 0.1) is 11.7 Å². The summed E-state index contributed by atoms with van der Waals surface area (Å²) < 4.78 is 14.5. The van der Waals surface area contributed by atoms with Gasteiger partial charge in [0.25, 0.3) is 0 Å². The summed E-state index contributed by atoms with van der Waals surface area (Å²) >= 11 is 3.39. The maximum atomic E-state index is 13.6. The van der Waals surface area contributed by atoms with Crippen LogP contribution in [0.15, 0.2) is 41.0 Å². The van der Waals surface area contributed by atoms with Crippen LogP contribution in [0.5, 0.6) is 0 Å². The minimum absolute atomic E-state index is 0.0845. The molecule has 0 aliphatic carbocycles. The summed E-state index contributed by atoms with van der Waals surface area (Å²) in [5.74, 6) is -0.217. The fourth-order valence-electron chi connectivity index (χ4n) is 2.14. The van der Waals surface area contributed by atoms with Gasteiger partial charge in [-0.1, -0.05) is 13.0 Å². The Bertz CT molecular complexity index is 569. The molecule has 0 saturated carbocycles. The Morgan fingerprint density at radius 1 is 1.30 bits per heavy atom. The van der Waals surface area contributed by atoms with Gasteiger partial charge in [0, 0.05) is 10.7 Å². The second-order valence-electron chi connectivity index (χ2n) is 4.79. The second kappa shape index (κ2) is 6.95. The molecule has 2 aromatic rings. The average molecular weight is 337 g/mol. The topological polar surface area (TPSA) is 24.9 Å². The standard InChI is InChI=1S/C16H18BrFN2/c1-3-8-19-16(15-7-5-12(17)10-20-15)14-9-13(18)6-4-11(14)2/h4-7,9-10,16,19H,3,8H2,1-2H3. The lowest BCUT2D eigenvalue weighted by molar-refractivity contribution is 0.573. The Morgan fingerprint density at radius 2 is 2.10 bits per heavy atom. The quantitative estimate of drug-likeness (QED) is 0.876. The molecule has 1 aromatic heterocycles. The van der Waals surface area contributed by atoms with Gasteiger partial charge in [-0.2, -0.15) is 0 Å². The van der Waals surface area contributed by atoms with Crippen molar-refractivity contribution in [1.82, 2.24) is 10.3 Å². The summed E-state index contributed by atoms with van der Waals surface area (Å²) in [6, 6.07) is 8.72. The molecule has 4 heteroatoms. The molecule has 0 radical (unpaired) electrons. The molecule has 20 heavy (non-hydrogen) atoms. The van der Waals surface area contributed by atoms with Gasteiger partial charge >= 0.3 is 0 Å². The van der Waals surface area contributed by atoms with Crippen molar-refractivity contribution in [3.05, 3.63) is 63.6 Å². The number of aryl methyl sites for hydroxylation is 1. The van der Waals surface area contributed by atoms with Crippen LogP contribution >= 0.6 is 15.9 Å². The van der Waals surface area contributed by atoms with Crippen LogP contribution in [0.3, 0.4) is 0 Å². The first-order valence-electron chi connectivity index (χ1n) is 6.72. The van der Waals surface area contributed by atoms with E-state index in [0.29, 0.717) is 0 Å². The highest BCUT2D eigenvalue weighted by molar-refractivity contribution is 9.10. The van der Waals surface area contributed by atoms with E-state index in [9.17, 15) is 4.39 Å². The molecular formula is C16H18BrFN2. The van der Waals surface area contributed by atoms with Crippen LogP contribution in [0.25, 0.3) is 0 Å². The van der Waals surface area contributed by atoms with Crippen LogP contribution in [0.2, 0.25) is 0 Å². The highest BCUT2D eigenvalue weighted by Gasteiger charge is 2.17. The maximum absolute atomic E-state index is 13.6. The van der Waals surface area contributed by atoms with Gasteiger partial charge in [0.15, 0.2) is 0 Å². The molecule has 2 nitrogen and oxygen atoms in total. The number of hydrogen-bond acceptors (Lipinski definition) is 2. The highest BCUT2D eigenvalue weighted by Crippen LogP contribution is 2.25. The minimum Gasteiger partial charge on any atom is -0.305 e. The van der Waals surface area contributed by atoms with Crippen molar-refractivity contribution in [3.8, 4) is 0 Å². The third-order valence-corrected chi connectivity index (χ3v) is 3.67. The molecule has 0 amide bonds. The van der Waals surface area contributed by atoms with E-state index in [2.05, 4.69) is 33.2 Å². The Morgan fingerprint density at radius 3 is 2.75 bits per heavy atom. The van der Waals surface area contributed by atoms with Crippen molar-refractivity contribution >= 4 is 15.9 Å². The predicted molar refractivity (Wildman–Crippen MR) is 83.2 cm³/mol. The van der Waals surface area contributed by atoms with Gasteiger partial charge in [-0.25, -0.2) is 4.39 Å². The van der Waals surface area contributed by atoms with E-state index in [1.165, 1.54) is 6.07 Å². The van der Waals surface area contributed by atoms with E-state index in [0.717, 1.165) is 34.3 Å². The Labute approximate surface area is 127 Å². The lowest BCUT2D eigenvalue weighted by Gasteiger charge is -2.20. The molecule has 0 saturated heterocycles. The zero-order valence-electron chi connectivity index (χ0n) is 11.7. The lowest BCUT2D eigenvalue weighted by atomic mass is 9.98. The third-order valence-electron chi connectivity index (χ3n) is 3.20. The van der Waals surface area contributed by atoms with Crippen molar-refractivity contribution < 1.29 is 4.39 Å². The van der Waals surface area contributed by atoms with Gasteiger partial charge in [-0.15, -0.1) is 0 Å². The molecule has 2 rings (SSSR count). The van der Waals surface area contributed by atoms with Crippen molar-refractivity contribution in [3.63, 3.8) is 0 Å². The molecule has 1 atom stereocenters. The van der Waals surface area contributed by atoms with Gasteiger partial charge in [-0.05, 0) is 71.2 Å². The molecule has 0 aliphatic heterocycles. The largest absolute Gasteiger partial charge is 0.305 e. The lowest BCUT2D eigenvalue weighted by Crippen LogP contribution is -2.25.